The van der Waals surface area contributed by atoms with Crippen LogP contribution in [0.25, 0.3) is 10.8 Å². The maximum Gasteiger partial charge on any atom is 0.296 e. The summed E-state index contributed by atoms with van der Waals surface area (Å²) in [6.07, 6.45) is 2.10. The number of amides is 2. The molecule has 244 valence electrons. The zero-order chi connectivity index (χ0) is 32.4. The molecule has 3 aromatic carbocycles. The van der Waals surface area contributed by atoms with E-state index in [4.69, 9.17) is 14.2 Å². The Labute approximate surface area is 270 Å². The van der Waals surface area contributed by atoms with Crippen LogP contribution in [0.15, 0.2) is 48.5 Å². The van der Waals surface area contributed by atoms with Gasteiger partial charge in [0, 0.05) is 55.8 Å². The molecule has 10 nitrogen and oxygen atoms in total. The molecular weight excluding hydrogens is 584 g/mol. The number of nitrogens with one attached hydrogen (secondary N) is 2. The number of hydrogen-bond acceptors (Lipinski definition) is 8. The van der Waals surface area contributed by atoms with Crippen LogP contribution in [-0.2, 0) is 14.9 Å². The maximum atomic E-state index is 13.9. The maximum absolute atomic E-state index is 13.9. The number of ether oxygens (including phenoxy) is 3. The molecular formula is C36H44N4O6. The molecule has 2 amide bonds. The summed E-state index contributed by atoms with van der Waals surface area (Å²) in [6.45, 7) is 11.9. The summed E-state index contributed by atoms with van der Waals surface area (Å²) in [6, 6.07) is 15.1. The van der Waals surface area contributed by atoms with E-state index in [1.54, 1.807) is 18.2 Å². The van der Waals surface area contributed by atoms with Gasteiger partial charge in [-0.1, -0.05) is 45.0 Å². The van der Waals surface area contributed by atoms with Crippen molar-refractivity contribution in [3.8, 4) is 11.5 Å². The quantitative estimate of drug-likeness (QED) is 0.268. The highest BCUT2D eigenvalue weighted by Crippen LogP contribution is 2.37. The fourth-order valence-electron chi connectivity index (χ4n) is 6.67. The molecule has 0 radical (unpaired) electrons. The van der Waals surface area contributed by atoms with Crippen LogP contribution < -0.4 is 20.1 Å². The summed E-state index contributed by atoms with van der Waals surface area (Å²) in [7, 11) is 1.48. The number of fused-ring (bicyclic) bond motifs is 3. The van der Waals surface area contributed by atoms with Crippen LogP contribution in [-0.4, -0.2) is 99.1 Å². The second-order valence-electron chi connectivity index (χ2n) is 13.4. The third-order valence-electron chi connectivity index (χ3n) is 9.25. The van der Waals surface area contributed by atoms with Gasteiger partial charge in [0.25, 0.3) is 17.6 Å². The van der Waals surface area contributed by atoms with Crippen LogP contribution in [0.3, 0.4) is 0 Å². The highest BCUT2D eigenvalue weighted by atomic mass is 16.5. The number of Topliss-reactive ketones (excluding diaryl/α,β-unsaturated/α-hetero) is 1. The van der Waals surface area contributed by atoms with Crippen molar-refractivity contribution in [2.75, 3.05) is 65.0 Å². The molecule has 3 aliphatic rings. The normalized spacial score (nSPS) is 20.0. The average Bonchev–Trinajstić information content (AvgIpc) is 3.40. The molecule has 3 fully saturated rings. The number of nitrogens with zero attached hydrogens (tertiary/aromatic N) is 2. The van der Waals surface area contributed by atoms with Gasteiger partial charge >= 0.3 is 0 Å². The molecule has 0 spiro atoms. The van der Waals surface area contributed by atoms with Gasteiger partial charge in [-0.2, -0.15) is 0 Å². The van der Waals surface area contributed by atoms with E-state index in [0.717, 1.165) is 56.6 Å². The molecule has 3 heterocycles. The molecule has 0 aromatic heterocycles. The fourth-order valence-corrected chi connectivity index (χ4v) is 6.67. The lowest BCUT2D eigenvalue weighted by Gasteiger charge is -2.33. The molecule has 2 bridgehead atoms. The number of rotatable bonds is 9. The van der Waals surface area contributed by atoms with Crippen molar-refractivity contribution < 1.29 is 28.6 Å². The minimum absolute atomic E-state index is 0.140. The van der Waals surface area contributed by atoms with Crippen LogP contribution in [0.2, 0.25) is 0 Å². The Kier molecular flexibility index (Phi) is 9.31. The van der Waals surface area contributed by atoms with Gasteiger partial charge in [-0.25, -0.2) is 0 Å². The van der Waals surface area contributed by atoms with E-state index in [1.165, 1.54) is 7.11 Å². The van der Waals surface area contributed by atoms with E-state index in [9.17, 15) is 14.4 Å². The Morgan fingerprint density at radius 1 is 0.957 bits per heavy atom. The standard InChI is InChI=1S/C36H44N4O6/c1-36(2,3)23-19-29(35(43)40-21-24-9-10-25(22-40)37-24)33(44-4)30(20-23)38-34(42)32(41)28-11-12-31(27-8-6-5-7-26(27)28)46-18-15-39-13-16-45-17-14-39/h5-8,11-12,19-20,24-25,37H,9-10,13-18,21-22H2,1-4H3,(H,38,42). The predicted molar refractivity (Wildman–Crippen MR) is 177 cm³/mol. The van der Waals surface area contributed by atoms with Gasteiger partial charge in [0.1, 0.15) is 12.4 Å². The first-order valence-corrected chi connectivity index (χ1v) is 16.2. The van der Waals surface area contributed by atoms with Crippen LogP contribution in [0.4, 0.5) is 5.69 Å². The van der Waals surface area contributed by atoms with E-state index in [0.29, 0.717) is 42.1 Å². The van der Waals surface area contributed by atoms with Crippen LogP contribution in [0, 0.1) is 0 Å². The summed E-state index contributed by atoms with van der Waals surface area (Å²) < 4.78 is 17.3. The lowest BCUT2D eigenvalue weighted by molar-refractivity contribution is -0.112. The Bertz CT molecular complexity index is 1610. The van der Waals surface area contributed by atoms with Crippen molar-refractivity contribution in [3.05, 3.63) is 65.2 Å². The number of ketones is 1. The number of methoxy groups -OCH3 is 1. The van der Waals surface area contributed by atoms with E-state index in [-0.39, 0.29) is 34.7 Å². The SMILES string of the molecule is COc1c(NC(=O)C(=O)c2ccc(OCCN3CCOCC3)c3ccccc23)cc(C(C)(C)C)cc1C(=O)N1CC2CCC(C1)N2. The topological polar surface area (TPSA) is 109 Å². The van der Waals surface area contributed by atoms with Gasteiger partial charge in [-0.05, 0) is 53.5 Å². The van der Waals surface area contributed by atoms with E-state index in [2.05, 4.69) is 15.5 Å². The number of carbonyl (C=O) groups excluding carboxylic acids is 3. The molecule has 46 heavy (non-hydrogen) atoms. The molecule has 0 saturated carbocycles. The Morgan fingerprint density at radius 2 is 1.65 bits per heavy atom. The molecule has 2 unspecified atom stereocenters. The number of carbonyl (C=O) groups is 3. The monoisotopic (exact) mass is 628 g/mol. The number of piperazine rings is 1. The van der Waals surface area contributed by atoms with Crippen LogP contribution in [0.5, 0.6) is 11.5 Å². The number of anilines is 1. The fraction of sp³-hybridized carbons (Fsp3) is 0.472. The molecule has 3 aliphatic heterocycles. The van der Waals surface area contributed by atoms with Gasteiger partial charge in [-0.15, -0.1) is 0 Å². The molecule has 3 aromatic rings. The van der Waals surface area contributed by atoms with Crippen molar-refractivity contribution >= 4 is 34.1 Å². The smallest absolute Gasteiger partial charge is 0.296 e. The minimum atomic E-state index is -0.811. The number of hydrogen-bond donors (Lipinski definition) is 2. The predicted octanol–water partition coefficient (Wildman–Crippen LogP) is 4.25. The zero-order valence-electron chi connectivity index (χ0n) is 27.2. The van der Waals surface area contributed by atoms with Crippen molar-refractivity contribution in [2.24, 2.45) is 0 Å². The second kappa shape index (κ2) is 13.4. The lowest BCUT2D eigenvalue weighted by Crippen LogP contribution is -2.53. The third kappa shape index (κ3) is 6.74. The minimum Gasteiger partial charge on any atom is -0.494 e. The van der Waals surface area contributed by atoms with E-state index < -0.39 is 11.7 Å². The largest absolute Gasteiger partial charge is 0.494 e. The number of likely N-dealkylation sites (tertiary alicyclic amines) is 1. The summed E-state index contributed by atoms with van der Waals surface area (Å²) in [5.74, 6) is -0.734. The van der Waals surface area contributed by atoms with E-state index >= 15 is 0 Å². The van der Waals surface area contributed by atoms with Gasteiger partial charge in [0.05, 0.1) is 31.6 Å². The Hall–Kier alpha value is -3.99. The summed E-state index contributed by atoms with van der Waals surface area (Å²) >= 11 is 0. The first kappa shape index (κ1) is 32.0. The molecule has 0 aliphatic carbocycles. The molecule has 10 heteroatoms. The Balaban J connectivity index is 1.25. The number of morpholine rings is 1. The third-order valence-corrected chi connectivity index (χ3v) is 9.25. The van der Waals surface area contributed by atoms with Gasteiger partial charge in [-0.3, -0.25) is 19.3 Å². The zero-order valence-corrected chi connectivity index (χ0v) is 27.2. The van der Waals surface area contributed by atoms with Gasteiger partial charge in [0.15, 0.2) is 5.75 Å². The summed E-state index contributed by atoms with van der Waals surface area (Å²) in [4.78, 5) is 45.5. The highest BCUT2D eigenvalue weighted by Gasteiger charge is 2.36. The second-order valence-corrected chi connectivity index (χ2v) is 13.4. The average molecular weight is 629 g/mol. The van der Waals surface area contributed by atoms with Crippen molar-refractivity contribution in [1.29, 1.82) is 0 Å². The summed E-state index contributed by atoms with van der Waals surface area (Å²) in [5, 5.41) is 7.76. The van der Waals surface area contributed by atoms with Crippen LogP contribution in [0.1, 0.15) is 59.9 Å². The lowest BCUT2D eigenvalue weighted by atomic mass is 9.85. The van der Waals surface area contributed by atoms with Crippen molar-refractivity contribution in [2.45, 2.75) is 51.1 Å². The van der Waals surface area contributed by atoms with Gasteiger partial charge < -0.3 is 29.7 Å². The Morgan fingerprint density at radius 3 is 2.33 bits per heavy atom. The van der Waals surface area contributed by atoms with Gasteiger partial charge in [0.2, 0.25) is 0 Å². The first-order valence-electron chi connectivity index (χ1n) is 16.2. The highest BCUT2D eigenvalue weighted by molar-refractivity contribution is 6.48. The molecule has 6 rings (SSSR count). The first-order chi connectivity index (χ1) is 22.1. The van der Waals surface area contributed by atoms with E-state index in [1.807, 2.05) is 56.0 Å². The molecule has 3 saturated heterocycles. The summed E-state index contributed by atoms with van der Waals surface area (Å²) in [5.41, 5.74) is 1.46. The molecule has 2 atom stereocenters. The molecule has 2 N–H and O–H groups in total. The van der Waals surface area contributed by atoms with Crippen LogP contribution >= 0.6 is 0 Å². The van der Waals surface area contributed by atoms with Crippen molar-refractivity contribution in [3.63, 3.8) is 0 Å². The number of benzene rings is 3. The van der Waals surface area contributed by atoms with Crippen molar-refractivity contribution in [1.82, 2.24) is 15.1 Å².